The van der Waals surface area contributed by atoms with Gasteiger partial charge < -0.3 is 10.1 Å². The number of benzene rings is 1. The highest BCUT2D eigenvalue weighted by Crippen LogP contribution is 2.37. The predicted molar refractivity (Wildman–Crippen MR) is 77.0 cm³/mol. The average molecular weight is 331 g/mol. The molecule has 2 nitrogen and oxygen atoms in total. The first-order valence-corrected chi connectivity index (χ1v) is 7.71. The molecule has 1 saturated carbocycles. The summed E-state index contributed by atoms with van der Waals surface area (Å²) in [5.41, 5.74) is 1.23. The van der Waals surface area contributed by atoms with E-state index in [1.165, 1.54) is 18.4 Å². The highest BCUT2D eigenvalue weighted by atomic mass is 79.9. The number of halogens is 2. The third kappa shape index (κ3) is 2.90. The molecule has 0 radical (unpaired) electrons. The zero-order valence-electron chi connectivity index (χ0n) is 10.2. The van der Waals surface area contributed by atoms with Crippen LogP contribution in [0.4, 0.5) is 0 Å². The first kappa shape index (κ1) is 12.9. The van der Waals surface area contributed by atoms with E-state index >= 15 is 0 Å². The van der Waals surface area contributed by atoms with Crippen LogP contribution in [0.3, 0.4) is 0 Å². The van der Waals surface area contributed by atoms with Gasteiger partial charge in [0, 0.05) is 29.6 Å². The second kappa shape index (κ2) is 5.49. The Bertz CT molecular complexity index is 436. The summed E-state index contributed by atoms with van der Waals surface area (Å²) in [4.78, 5) is 0. The van der Waals surface area contributed by atoms with Gasteiger partial charge in [0.1, 0.15) is 0 Å². The monoisotopic (exact) mass is 329 g/mol. The Labute approximate surface area is 121 Å². The van der Waals surface area contributed by atoms with Crippen LogP contribution >= 0.6 is 27.5 Å². The van der Waals surface area contributed by atoms with Crippen LogP contribution in [-0.2, 0) is 4.74 Å². The summed E-state index contributed by atoms with van der Waals surface area (Å²) in [6.45, 7) is 1.93. The molecule has 0 amide bonds. The van der Waals surface area contributed by atoms with Crippen molar-refractivity contribution in [3.63, 3.8) is 0 Å². The molecule has 0 bridgehead atoms. The molecule has 3 rings (SSSR count). The van der Waals surface area contributed by atoms with Gasteiger partial charge in [-0.2, -0.15) is 0 Å². The summed E-state index contributed by atoms with van der Waals surface area (Å²) < 4.78 is 6.85. The molecule has 0 spiro atoms. The Balaban J connectivity index is 1.70. The smallest absolute Gasteiger partial charge is 0.0866 e. The van der Waals surface area contributed by atoms with Crippen molar-refractivity contribution in [2.45, 2.75) is 31.4 Å². The van der Waals surface area contributed by atoms with Crippen LogP contribution in [0.5, 0.6) is 0 Å². The molecule has 2 aliphatic rings. The summed E-state index contributed by atoms with van der Waals surface area (Å²) in [6, 6.07) is 6.87. The van der Waals surface area contributed by atoms with Gasteiger partial charge in [0.2, 0.25) is 0 Å². The van der Waals surface area contributed by atoms with E-state index in [0.717, 1.165) is 35.1 Å². The molecule has 1 saturated heterocycles. The van der Waals surface area contributed by atoms with Crippen LogP contribution in [0.1, 0.15) is 30.9 Å². The fraction of sp³-hybridized carbons (Fsp3) is 0.571. The second-order valence-electron chi connectivity index (χ2n) is 5.20. The molecule has 1 aromatic rings. The number of hydrogen-bond donors (Lipinski definition) is 1. The van der Waals surface area contributed by atoms with Gasteiger partial charge in [-0.05, 0) is 52.9 Å². The maximum Gasteiger partial charge on any atom is 0.0866 e. The minimum atomic E-state index is 0.213. The number of nitrogens with one attached hydrogen (secondary N) is 1. The zero-order chi connectivity index (χ0) is 12.5. The van der Waals surface area contributed by atoms with Crippen LogP contribution in [0.25, 0.3) is 0 Å². The Morgan fingerprint density at radius 1 is 1.33 bits per heavy atom. The Morgan fingerprint density at radius 3 is 2.89 bits per heavy atom. The molecule has 0 aromatic heterocycles. The lowest BCUT2D eigenvalue weighted by molar-refractivity contribution is 0.0904. The van der Waals surface area contributed by atoms with Crippen molar-refractivity contribution < 1.29 is 4.74 Å². The third-order valence-electron chi connectivity index (χ3n) is 3.73. The Kier molecular flexibility index (Phi) is 3.94. The highest BCUT2D eigenvalue weighted by molar-refractivity contribution is 9.10. The molecule has 1 aliphatic carbocycles. The van der Waals surface area contributed by atoms with Crippen LogP contribution < -0.4 is 5.32 Å². The minimum Gasteiger partial charge on any atom is -0.373 e. The lowest BCUT2D eigenvalue weighted by Gasteiger charge is -2.19. The van der Waals surface area contributed by atoms with E-state index in [4.69, 9.17) is 16.3 Å². The topological polar surface area (TPSA) is 21.3 Å². The van der Waals surface area contributed by atoms with Gasteiger partial charge in [0.05, 0.1) is 11.1 Å². The third-order valence-corrected chi connectivity index (χ3v) is 4.95. The van der Waals surface area contributed by atoms with Crippen LogP contribution in [0.2, 0.25) is 5.02 Å². The normalized spacial score (nSPS) is 27.7. The van der Waals surface area contributed by atoms with Gasteiger partial charge in [0.15, 0.2) is 0 Å². The molecule has 1 heterocycles. The molecule has 4 heteroatoms. The maximum absolute atomic E-state index is 6.03. The van der Waals surface area contributed by atoms with Crippen LogP contribution in [0, 0.1) is 5.92 Å². The second-order valence-corrected chi connectivity index (χ2v) is 6.46. The molecule has 2 atom stereocenters. The van der Waals surface area contributed by atoms with Crippen LogP contribution in [-0.4, -0.2) is 19.2 Å². The summed E-state index contributed by atoms with van der Waals surface area (Å²) >= 11 is 9.52. The average Bonchev–Trinajstić information content (AvgIpc) is 3.08. The van der Waals surface area contributed by atoms with Crippen molar-refractivity contribution in [2.24, 2.45) is 5.92 Å². The van der Waals surface area contributed by atoms with E-state index in [1.54, 1.807) is 0 Å². The zero-order valence-corrected chi connectivity index (χ0v) is 12.5. The van der Waals surface area contributed by atoms with E-state index < -0.39 is 0 Å². The molecular weight excluding hydrogens is 314 g/mol. The van der Waals surface area contributed by atoms with Crippen molar-refractivity contribution in [3.05, 3.63) is 33.3 Å². The van der Waals surface area contributed by atoms with Crippen molar-refractivity contribution in [3.8, 4) is 0 Å². The van der Waals surface area contributed by atoms with Gasteiger partial charge in [-0.15, -0.1) is 0 Å². The van der Waals surface area contributed by atoms with E-state index in [2.05, 4.69) is 33.4 Å². The minimum absolute atomic E-state index is 0.213. The summed E-state index contributed by atoms with van der Waals surface area (Å²) in [6.07, 6.45) is 4.03. The van der Waals surface area contributed by atoms with Crippen molar-refractivity contribution in [2.75, 3.05) is 13.2 Å². The lowest BCUT2D eigenvalue weighted by Crippen LogP contribution is -2.26. The molecule has 18 heavy (non-hydrogen) atoms. The van der Waals surface area contributed by atoms with Crippen molar-refractivity contribution in [1.82, 2.24) is 5.32 Å². The van der Waals surface area contributed by atoms with Crippen molar-refractivity contribution >= 4 is 27.5 Å². The molecule has 2 fully saturated rings. The lowest BCUT2D eigenvalue weighted by atomic mass is 9.95. The van der Waals surface area contributed by atoms with E-state index in [-0.39, 0.29) is 6.10 Å². The molecule has 1 aliphatic heterocycles. The maximum atomic E-state index is 6.03. The summed E-state index contributed by atoms with van der Waals surface area (Å²) in [5, 5.41) is 4.36. The Hall–Kier alpha value is -0.0900. The van der Waals surface area contributed by atoms with Gasteiger partial charge in [-0.25, -0.2) is 0 Å². The molecule has 98 valence electrons. The highest BCUT2D eigenvalue weighted by Gasteiger charge is 2.31. The first-order chi connectivity index (χ1) is 8.74. The van der Waals surface area contributed by atoms with E-state index in [9.17, 15) is 0 Å². The van der Waals surface area contributed by atoms with Crippen LogP contribution in [0.15, 0.2) is 22.7 Å². The number of hydrogen-bond acceptors (Lipinski definition) is 2. The van der Waals surface area contributed by atoms with Gasteiger partial charge >= 0.3 is 0 Å². The van der Waals surface area contributed by atoms with Gasteiger partial charge in [-0.1, -0.05) is 17.7 Å². The number of rotatable bonds is 4. The molecule has 1 aromatic carbocycles. The fourth-order valence-electron chi connectivity index (χ4n) is 2.51. The quantitative estimate of drug-likeness (QED) is 0.903. The molecule has 2 unspecified atom stereocenters. The predicted octanol–water partition coefficient (Wildman–Crippen LogP) is 3.93. The summed E-state index contributed by atoms with van der Waals surface area (Å²) in [5.74, 6) is 0.582. The largest absolute Gasteiger partial charge is 0.373 e. The van der Waals surface area contributed by atoms with Gasteiger partial charge in [-0.3, -0.25) is 0 Å². The standard InChI is InChI=1S/C14H17BrClNO/c15-12-7-9(1-4-13(12)16)14-10(5-6-18-14)8-17-11-2-3-11/h1,4,7,10-11,14,17H,2-3,5-6,8H2. The van der Waals surface area contributed by atoms with E-state index in [1.807, 2.05) is 6.07 Å². The van der Waals surface area contributed by atoms with Gasteiger partial charge in [0.25, 0.3) is 0 Å². The SMILES string of the molecule is Clc1ccc(C2OCCC2CNC2CC2)cc1Br. The fourth-order valence-corrected chi connectivity index (χ4v) is 3.02. The Morgan fingerprint density at radius 2 is 2.17 bits per heavy atom. The van der Waals surface area contributed by atoms with Crippen molar-refractivity contribution in [1.29, 1.82) is 0 Å². The summed E-state index contributed by atoms with van der Waals surface area (Å²) in [7, 11) is 0. The molecular formula is C14H17BrClNO. The van der Waals surface area contributed by atoms with E-state index in [0.29, 0.717) is 5.92 Å². The number of ether oxygens (including phenoxy) is 1. The first-order valence-electron chi connectivity index (χ1n) is 6.54. The molecule has 1 N–H and O–H groups in total.